The number of aromatic nitrogens is 1. The van der Waals surface area contributed by atoms with E-state index < -0.39 is 15.8 Å². The van der Waals surface area contributed by atoms with Crippen LogP contribution in [0.3, 0.4) is 0 Å². The first kappa shape index (κ1) is 15.5. The molecule has 0 fully saturated rings. The molecule has 0 aliphatic heterocycles. The predicted molar refractivity (Wildman–Crippen MR) is 79.2 cm³/mol. The summed E-state index contributed by atoms with van der Waals surface area (Å²) in [6, 6.07) is 4.61. The lowest BCUT2D eigenvalue weighted by Gasteiger charge is -2.10. The Kier molecular flexibility index (Phi) is 4.53. The summed E-state index contributed by atoms with van der Waals surface area (Å²) in [6.45, 7) is 0. The Morgan fingerprint density at radius 1 is 1.25 bits per heavy atom. The third kappa shape index (κ3) is 3.41. The van der Waals surface area contributed by atoms with Gasteiger partial charge in [-0.3, -0.25) is 4.72 Å². The Labute approximate surface area is 133 Å². The van der Waals surface area contributed by atoms with Crippen LogP contribution in [0, 0.1) is 5.82 Å². The SMILES string of the molecule is O=S(=O)(Nc1ccc(F)cc1Cl)c1cc(Br)cnc1Cl. The van der Waals surface area contributed by atoms with E-state index in [-0.39, 0.29) is 20.8 Å². The molecule has 106 valence electrons. The summed E-state index contributed by atoms with van der Waals surface area (Å²) < 4.78 is 40.0. The van der Waals surface area contributed by atoms with E-state index in [1.807, 2.05) is 0 Å². The zero-order valence-electron chi connectivity index (χ0n) is 9.57. The summed E-state index contributed by atoms with van der Waals surface area (Å²) in [4.78, 5) is 3.52. The number of hydrogen-bond donors (Lipinski definition) is 1. The van der Waals surface area contributed by atoms with Gasteiger partial charge in [-0.05, 0) is 40.2 Å². The Morgan fingerprint density at radius 2 is 1.95 bits per heavy atom. The van der Waals surface area contributed by atoms with Gasteiger partial charge in [-0.1, -0.05) is 23.2 Å². The molecule has 9 heteroatoms. The van der Waals surface area contributed by atoms with Gasteiger partial charge in [0.15, 0.2) is 0 Å². The minimum Gasteiger partial charge on any atom is -0.278 e. The van der Waals surface area contributed by atoms with Gasteiger partial charge in [0.05, 0.1) is 10.7 Å². The number of rotatable bonds is 3. The Morgan fingerprint density at radius 3 is 2.60 bits per heavy atom. The molecule has 1 aromatic heterocycles. The highest BCUT2D eigenvalue weighted by atomic mass is 79.9. The van der Waals surface area contributed by atoms with Crippen molar-refractivity contribution >= 4 is 54.8 Å². The number of sulfonamides is 1. The maximum Gasteiger partial charge on any atom is 0.265 e. The molecule has 0 aliphatic rings. The van der Waals surface area contributed by atoms with Gasteiger partial charge in [-0.25, -0.2) is 17.8 Å². The lowest BCUT2D eigenvalue weighted by molar-refractivity contribution is 0.600. The highest BCUT2D eigenvalue weighted by molar-refractivity contribution is 9.10. The van der Waals surface area contributed by atoms with E-state index in [1.54, 1.807) is 0 Å². The van der Waals surface area contributed by atoms with E-state index in [9.17, 15) is 12.8 Å². The van der Waals surface area contributed by atoms with Gasteiger partial charge in [-0.2, -0.15) is 0 Å². The van der Waals surface area contributed by atoms with Gasteiger partial charge in [0.25, 0.3) is 10.0 Å². The minimum atomic E-state index is -3.98. The molecule has 0 saturated carbocycles. The van der Waals surface area contributed by atoms with Crippen molar-refractivity contribution in [2.45, 2.75) is 4.90 Å². The van der Waals surface area contributed by atoms with Crippen LogP contribution in [0.4, 0.5) is 10.1 Å². The van der Waals surface area contributed by atoms with Crippen LogP contribution in [0.15, 0.2) is 39.8 Å². The number of hydrogen-bond acceptors (Lipinski definition) is 3. The molecule has 1 aromatic carbocycles. The summed E-state index contributed by atoms with van der Waals surface area (Å²) in [6.07, 6.45) is 1.37. The van der Waals surface area contributed by atoms with E-state index >= 15 is 0 Å². The zero-order chi connectivity index (χ0) is 14.9. The predicted octanol–water partition coefficient (Wildman–Crippen LogP) is 4.09. The molecule has 4 nitrogen and oxygen atoms in total. The topological polar surface area (TPSA) is 59.1 Å². The molecule has 0 unspecified atom stereocenters. The van der Waals surface area contributed by atoms with Crippen LogP contribution in [0.5, 0.6) is 0 Å². The van der Waals surface area contributed by atoms with Crippen molar-refractivity contribution in [3.63, 3.8) is 0 Å². The zero-order valence-corrected chi connectivity index (χ0v) is 13.5. The maximum absolute atomic E-state index is 12.9. The fraction of sp³-hybridized carbons (Fsp3) is 0. The fourth-order valence-electron chi connectivity index (χ4n) is 1.36. The van der Waals surface area contributed by atoms with Gasteiger partial charge in [0, 0.05) is 10.7 Å². The number of halogens is 4. The molecule has 0 atom stereocenters. The number of benzene rings is 1. The van der Waals surface area contributed by atoms with Crippen molar-refractivity contribution in [3.8, 4) is 0 Å². The smallest absolute Gasteiger partial charge is 0.265 e. The monoisotopic (exact) mass is 398 g/mol. The quantitative estimate of drug-likeness (QED) is 0.790. The molecule has 0 amide bonds. The molecule has 1 heterocycles. The van der Waals surface area contributed by atoms with E-state index in [0.717, 1.165) is 12.1 Å². The average molecular weight is 400 g/mol. The molecule has 1 N–H and O–H groups in total. The Bertz CT molecular complexity index is 771. The van der Waals surface area contributed by atoms with Crippen molar-refractivity contribution in [1.29, 1.82) is 0 Å². The minimum absolute atomic E-state index is 0.0455. The summed E-state index contributed by atoms with van der Waals surface area (Å²) in [7, 11) is -3.98. The number of pyridine rings is 1. The molecular formula is C11H6BrCl2FN2O2S. The Hall–Kier alpha value is -0.890. The molecule has 0 saturated heterocycles. The molecule has 0 spiro atoms. The average Bonchev–Trinajstić information content (AvgIpc) is 2.35. The molecular weight excluding hydrogens is 394 g/mol. The van der Waals surface area contributed by atoms with Crippen LogP contribution in [-0.4, -0.2) is 13.4 Å². The van der Waals surface area contributed by atoms with Crippen LogP contribution >= 0.6 is 39.1 Å². The number of nitrogens with one attached hydrogen (secondary N) is 1. The molecule has 2 aromatic rings. The summed E-state index contributed by atoms with van der Waals surface area (Å²) in [5.74, 6) is -0.569. The first-order valence-electron chi connectivity index (χ1n) is 5.08. The maximum atomic E-state index is 12.9. The van der Waals surface area contributed by atoms with Crippen LogP contribution < -0.4 is 4.72 Å². The highest BCUT2D eigenvalue weighted by Crippen LogP contribution is 2.28. The van der Waals surface area contributed by atoms with E-state index in [1.165, 1.54) is 18.3 Å². The molecule has 0 aliphatic carbocycles. The first-order chi connectivity index (χ1) is 9.29. The van der Waals surface area contributed by atoms with Crippen molar-refractivity contribution in [3.05, 3.63) is 50.9 Å². The van der Waals surface area contributed by atoms with Crippen molar-refractivity contribution in [1.82, 2.24) is 4.98 Å². The highest BCUT2D eigenvalue weighted by Gasteiger charge is 2.20. The normalized spacial score (nSPS) is 11.4. The van der Waals surface area contributed by atoms with Gasteiger partial charge in [-0.15, -0.1) is 0 Å². The lowest BCUT2D eigenvalue weighted by atomic mass is 10.3. The first-order valence-corrected chi connectivity index (χ1v) is 8.12. The third-order valence-corrected chi connectivity index (χ3v) is 4.78. The van der Waals surface area contributed by atoms with Crippen LogP contribution in [0.1, 0.15) is 0 Å². The molecule has 2 rings (SSSR count). The third-order valence-electron chi connectivity index (χ3n) is 2.24. The van der Waals surface area contributed by atoms with Gasteiger partial charge < -0.3 is 0 Å². The second-order valence-electron chi connectivity index (χ2n) is 3.67. The van der Waals surface area contributed by atoms with Gasteiger partial charge >= 0.3 is 0 Å². The van der Waals surface area contributed by atoms with Crippen molar-refractivity contribution in [2.24, 2.45) is 0 Å². The fourth-order valence-corrected chi connectivity index (χ4v) is 3.66. The summed E-state index contributed by atoms with van der Waals surface area (Å²) in [5.41, 5.74) is 0.0455. The standard InChI is InChI=1S/C11H6BrCl2FN2O2S/c12-6-3-10(11(14)16-5-6)20(18,19)17-9-2-1-7(15)4-8(9)13/h1-5,17H. The largest absolute Gasteiger partial charge is 0.278 e. The summed E-state index contributed by atoms with van der Waals surface area (Å²) >= 11 is 14.6. The lowest BCUT2D eigenvalue weighted by Crippen LogP contribution is -2.14. The second-order valence-corrected chi connectivity index (χ2v) is 7.00. The second kappa shape index (κ2) is 5.85. The van der Waals surface area contributed by atoms with E-state index in [2.05, 4.69) is 25.6 Å². The summed E-state index contributed by atoms with van der Waals surface area (Å²) in [5, 5.41) is -0.244. The molecule has 20 heavy (non-hydrogen) atoms. The van der Waals surface area contributed by atoms with Crippen LogP contribution in [0.25, 0.3) is 0 Å². The van der Waals surface area contributed by atoms with Crippen LogP contribution in [-0.2, 0) is 10.0 Å². The number of nitrogens with zero attached hydrogens (tertiary/aromatic N) is 1. The molecule has 0 radical (unpaired) electrons. The van der Waals surface area contributed by atoms with E-state index in [4.69, 9.17) is 23.2 Å². The molecule has 0 bridgehead atoms. The van der Waals surface area contributed by atoms with Gasteiger partial charge in [0.2, 0.25) is 0 Å². The Balaban J connectivity index is 2.43. The number of anilines is 1. The van der Waals surface area contributed by atoms with Crippen LogP contribution in [0.2, 0.25) is 10.2 Å². The van der Waals surface area contributed by atoms with Crippen molar-refractivity contribution in [2.75, 3.05) is 4.72 Å². The van der Waals surface area contributed by atoms with Gasteiger partial charge in [0.1, 0.15) is 15.9 Å². The van der Waals surface area contributed by atoms with E-state index in [0.29, 0.717) is 4.47 Å². The van der Waals surface area contributed by atoms with Crippen molar-refractivity contribution < 1.29 is 12.8 Å².